The van der Waals surface area contributed by atoms with E-state index < -0.39 is 0 Å². The molecule has 0 saturated heterocycles. The van der Waals surface area contributed by atoms with Gasteiger partial charge in [-0.15, -0.1) is 11.8 Å². The molecule has 0 aliphatic carbocycles. The van der Waals surface area contributed by atoms with Crippen LogP contribution in [-0.4, -0.2) is 10.9 Å². The van der Waals surface area contributed by atoms with Crippen molar-refractivity contribution in [3.8, 4) is 0 Å². The molecule has 100 valence electrons. The van der Waals surface area contributed by atoms with Gasteiger partial charge in [0.25, 0.3) is 5.91 Å². The molecule has 0 fully saturated rings. The average molecular weight is 278 g/mol. The summed E-state index contributed by atoms with van der Waals surface area (Å²) in [5, 5.41) is 0. The highest BCUT2D eigenvalue weighted by Crippen LogP contribution is 2.25. The first kappa shape index (κ1) is 13.4. The number of hydrazine groups is 1. The number of hydrogen-bond acceptors (Lipinski definition) is 6. The number of carbonyl (C=O) groups excluding carboxylic acids is 1. The Bertz CT molecular complexity index is 580. The van der Waals surface area contributed by atoms with Gasteiger partial charge in [-0.3, -0.25) is 10.2 Å². The summed E-state index contributed by atoms with van der Waals surface area (Å²) >= 11 is 1.55. The lowest BCUT2D eigenvalue weighted by Gasteiger charge is -1.99. The predicted octanol–water partition coefficient (Wildman–Crippen LogP) is 1.46. The van der Waals surface area contributed by atoms with E-state index in [-0.39, 0.29) is 5.91 Å². The van der Waals surface area contributed by atoms with Crippen molar-refractivity contribution >= 4 is 23.5 Å². The number of nitrogen functional groups attached to an aromatic ring is 2. The molecule has 0 aromatic carbocycles. The van der Waals surface area contributed by atoms with Crippen LogP contribution in [0.3, 0.4) is 0 Å². The fourth-order valence-electron chi connectivity index (χ4n) is 1.55. The molecule has 6 nitrogen and oxygen atoms in total. The van der Waals surface area contributed by atoms with E-state index in [0.29, 0.717) is 28.7 Å². The van der Waals surface area contributed by atoms with Crippen LogP contribution in [0.15, 0.2) is 33.7 Å². The fourth-order valence-corrected chi connectivity index (χ4v) is 2.29. The third-order valence-corrected chi connectivity index (χ3v) is 3.49. The number of carbonyl (C=O) groups is 1. The first-order chi connectivity index (χ1) is 9.10. The second-order valence-electron chi connectivity index (χ2n) is 3.86. The Kier molecular flexibility index (Phi) is 4.08. The molecular weight excluding hydrogens is 264 g/mol. The fraction of sp³-hybridized carbons (Fsp3) is 0.167. The number of aromatic nitrogens is 1. The van der Waals surface area contributed by atoms with Gasteiger partial charge < -0.3 is 10.2 Å². The van der Waals surface area contributed by atoms with E-state index in [0.717, 1.165) is 4.90 Å². The van der Waals surface area contributed by atoms with Crippen molar-refractivity contribution in [1.82, 2.24) is 10.4 Å². The van der Waals surface area contributed by atoms with E-state index in [1.54, 1.807) is 37.0 Å². The molecule has 1 amide bonds. The number of nitrogens with one attached hydrogen (secondary N) is 1. The molecule has 0 atom stereocenters. The number of anilines is 1. The molecule has 2 aromatic heterocycles. The van der Waals surface area contributed by atoms with Gasteiger partial charge in [0.1, 0.15) is 17.3 Å². The maximum absolute atomic E-state index is 11.4. The smallest absolute Gasteiger partial charge is 0.268 e. The molecule has 0 spiro atoms. The maximum atomic E-state index is 11.4. The standard InChI is InChI=1S/C12H14N4O2S/c1-7-10(12(17)16-14)4-8(18-7)6-19-9-2-3-11(13)15-5-9/h2-5H,6,14H2,1H3,(H2,13,15)(H,16,17). The van der Waals surface area contributed by atoms with Crippen LogP contribution in [0.5, 0.6) is 0 Å². The SMILES string of the molecule is Cc1oc(CSc2ccc(N)nc2)cc1C(=O)NN. The Morgan fingerprint density at radius 2 is 2.32 bits per heavy atom. The first-order valence-electron chi connectivity index (χ1n) is 5.54. The van der Waals surface area contributed by atoms with Crippen molar-refractivity contribution in [2.45, 2.75) is 17.6 Å². The second-order valence-corrected chi connectivity index (χ2v) is 4.91. The number of nitrogens with two attached hydrogens (primary N) is 2. The highest BCUT2D eigenvalue weighted by molar-refractivity contribution is 7.98. The summed E-state index contributed by atoms with van der Waals surface area (Å²) < 4.78 is 5.50. The second kappa shape index (κ2) is 5.77. The van der Waals surface area contributed by atoms with Crippen LogP contribution < -0.4 is 17.0 Å². The van der Waals surface area contributed by atoms with Crippen LogP contribution in [0.1, 0.15) is 21.9 Å². The van der Waals surface area contributed by atoms with Crippen LogP contribution in [-0.2, 0) is 5.75 Å². The van der Waals surface area contributed by atoms with Crippen molar-refractivity contribution in [1.29, 1.82) is 0 Å². The minimum Gasteiger partial charge on any atom is -0.465 e. The molecule has 0 aliphatic rings. The molecule has 0 saturated carbocycles. The highest BCUT2D eigenvalue weighted by atomic mass is 32.2. The lowest BCUT2D eigenvalue weighted by molar-refractivity contribution is 0.0952. The van der Waals surface area contributed by atoms with E-state index in [9.17, 15) is 4.79 Å². The topological polar surface area (TPSA) is 107 Å². The summed E-state index contributed by atoms with van der Waals surface area (Å²) in [7, 11) is 0. The number of hydrogen-bond donors (Lipinski definition) is 3. The Hall–Kier alpha value is -1.99. The van der Waals surface area contributed by atoms with Crippen LogP contribution in [0.25, 0.3) is 0 Å². The third kappa shape index (κ3) is 3.27. The molecule has 0 unspecified atom stereocenters. The zero-order valence-corrected chi connectivity index (χ0v) is 11.2. The normalized spacial score (nSPS) is 10.4. The molecule has 0 bridgehead atoms. The lowest BCUT2D eigenvalue weighted by atomic mass is 10.2. The quantitative estimate of drug-likeness (QED) is 0.338. The van der Waals surface area contributed by atoms with Crippen LogP contribution >= 0.6 is 11.8 Å². The average Bonchev–Trinajstić information content (AvgIpc) is 2.78. The predicted molar refractivity (Wildman–Crippen MR) is 73.3 cm³/mol. The number of amides is 1. The summed E-state index contributed by atoms with van der Waals surface area (Å²) in [6.45, 7) is 1.73. The Labute approximate surface area is 114 Å². The number of pyridine rings is 1. The van der Waals surface area contributed by atoms with Crippen LogP contribution in [0.4, 0.5) is 5.82 Å². The van der Waals surface area contributed by atoms with E-state index in [2.05, 4.69) is 10.4 Å². The van der Waals surface area contributed by atoms with Gasteiger partial charge in [0.05, 0.1) is 11.3 Å². The van der Waals surface area contributed by atoms with Crippen molar-refractivity contribution in [3.05, 3.63) is 41.5 Å². The minimum absolute atomic E-state index is 0.355. The van der Waals surface area contributed by atoms with E-state index >= 15 is 0 Å². The number of nitrogens with zero attached hydrogens (tertiary/aromatic N) is 1. The molecule has 19 heavy (non-hydrogen) atoms. The molecule has 2 heterocycles. The number of aryl methyl sites for hydroxylation is 1. The molecule has 0 radical (unpaired) electrons. The van der Waals surface area contributed by atoms with Crippen molar-refractivity contribution in [2.24, 2.45) is 5.84 Å². The van der Waals surface area contributed by atoms with Crippen molar-refractivity contribution in [2.75, 3.05) is 5.73 Å². The van der Waals surface area contributed by atoms with Gasteiger partial charge in [-0.25, -0.2) is 10.8 Å². The summed E-state index contributed by atoms with van der Waals surface area (Å²) in [5.74, 6) is 7.08. The van der Waals surface area contributed by atoms with Gasteiger partial charge in [-0.1, -0.05) is 0 Å². The molecular formula is C12H14N4O2S. The Morgan fingerprint density at radius 3 is 2.95 bits per heavy atom. The molecule has 5 N–H and O–H groups in total. The number of furan rings is 1. The largest absolute Gasteiger partial charge is 0.465 e. The van der Waals surface area contributed by atoms with E-state index in [1.165, 1.54) is 0 Å². The molecule has 2 aromatic rings. The number of thioether (sulfide) groups is 1. The van der Waals surface area contributed by atoms with Crippen LogP contribution in [0.2, 0.25) is 0 Å². The van der Waals surface area contributed by atoms with Gasteiger partial charge in [0, 0.05) is 11.1 Å². The summed E-state index contributed by atoms with van der Waals surface area (Å²) in [6, 6.07) is 5.31. The molecule has 0 aliphatic heterocycles. The van der Waals surface area contributed by atoms with Gasteiger partial charge in [-0.2, -0.15) is 0 Å². The van der Waals surface area contributed by atoms with Crippen molar-refractivity contribution < 1.29 is 9.21 Å². The monoisotopic (exact) mass is 278 g/mol. The minimum atomic E-state index is -0.355. The Balaban J connectivity index is 2.04. The van der Waals surface area contributed by atoms with Crippen LogP contribution in [0, 0.1) is 6.92 Å². The van der Waals surface area contributed by atoms with Gasteiger partial charge in [0.2, 0.25) is 0 Å². The van der Waals surface area contributed by atoms with Crippen molar-refractivity contribution in [3.63, 3.8) is 0 Å². The Morgan fingerprint density at radius 1 is 1.53 bits per heavy atom. The third-order valence-electron chi connectivity index (χ3n) is 2.48. The first-order valence-corrected chi connectivity index (χ1v) is 6.53. The van der Waals surface area contributed by atoms with Gasteiger partial charge in [-0.05, 0) is 25.1 Å². The summed E-state index contributed by atoms with van der Waals surface area (Å²) in [6.07, 6.45) is 1.70. The number of rotatable bonds is 4. The highest BCUT2D eigenvalue weighted by Gasteiger charge is 2.13. The summed E-state index contributed by atoms with van der Waals surface area (Å²) in [4.78, 5) is 16.4. The summed E-state index contributed by atoms with van der Waals surface area (Å²) in [5.41, 5.74) is 8.05. The van der Waals surface area contributed by atoms with Gasteiger partial charge >= 0.3 is 0 Å². The van der Waals surface area contributed by atoms with Gasteiger partial charge in [0.15, 0.2) is 0 Å². The molecule has 2 rings (SSSR count). The van der Waals surface area contributed by atoms with E-state index in [4.69, 9.17) is 16.0 Å². The molecule has 7 heteroatoms. The maximum Gasteiger partial charge on any atom is 0.268 e. The zero-order valence-electron chi connectivity index (χ0n) is 10.3. The van der Waals surface area contributed by atoms with E-state index in [1.807, 2.05) is 6.07 Å². The zero-order chi connectivity index (χ0) is 13.8. The lowest BCUT2D eigenvalue weighted by Crippen LogP contribution is -2.30.